The third kappa shape index (κ3) is 10.0. The fourth-order valence-corrected chi connectivity index (χ4v) is 16.8. The van der Waals surface area contributed by atoms with Gasteiger partial charge in [-0.2, -0.15) is 0 Å². The van der Waals surface area contributed by atoms with Crippen LogP contribution in [-0.4, -0.2) is 8.07 Å². The van der Waals surface area contributed by atoms with Gasteiger partial charge < -0.3 is 20.4 Å². The molecule has 0 saturated heterocycles. The van der Waals surface area contributed by atoms with Gasteiger partial charge >= 0.3 is 0 Å². The van der Waals surface area contributed by atoms with Gasteiger partial charge in [0.05, 0.1) is 11.1 Å². The molecule has 3 heterocycles. The van der Waals surface area contributed by atoms with Gasteiger partial charge in [-0.1, -0.05) is 219 Å². The van der Waals surface area contributed by atoms with Crippen molar-refractivity contribution in [3.8, 4) is 33.4 Å². The molecule has 14 aromatic carbocycles. The van der Waals surface area contributed by atoms with Crippen molar-refractivity contribution in [2.75, 3.05) is 16.0 Å². The lowest BCUT2D eigenvalue weighted by Crippen LogP contribution is -2.49. The molecular weight excluding hydrogens is 1080 g/mol. The number of fused-ring (bicyclic) bond motifs is 13. The molecule has 4 nitrogen and oxygen atoms in total. The minimum Gasteiger partial charge on any atom is -0.455 e. The van der Waals surface area contributed by atoms with E-state index in [1.54, 1.807) is 5.19 Å². The predicted molar refractivity (Wildman–Crippen MR) is 374 cm³/mol. The van der Waals surface area contributed by atoms with Gasteiger partial charge in [0.15, 0.2) is 0 Å². The summed E-state index contributed by atoms with van der Waals surface area (Å²) in [6, 6.07) is 108. The molecule has 16 aromatic rings. The van der Waals surface area contributed by atoms with E-state index in [1.807, 2.05) is 41.7 Å². The number of nitrogens with one attached hydrogen (secondary N) is 3. The third-order valence-corrected chi connectivity index (χ3v) is 21.6. The predicted octanol–water partition coefficient (Wildman–Crippen LogP) is 22.2. The van der Waals surface area contributed by atoms with Crippen molar-refractivity contribution in [3.05, 3.63) is 303 Å². The third-order valence-electron chi connectivity index (χ3n) is 16.9. The summed E-state index contributed by atoms with van der Waals surface area (Å²) in [5.41, 5.74) is 16.3. The second-order valence-electron chi connectivity index (χ2n) is 22.7. The first kappa shape index (κ1) is 52.3. The monoisotopic (exact) mass is 1140 g/mol. The average molecular weight is 1140 g/mol. The molecule has 0 spiro atoms. The Morgan fingerprint density at radius 3 is 1.50 bits per heavy atom. The molecule has 0 aliphatic carbocycles. The summed E-state index contributed by atoms with van der Waals surface area (Å²) in [5.74, 6) is 0. The summed E-state index contributed by atoms with van der Waals surface area (Å²) >= 11 is 1.85. The number of furan rings is 1. The number of hydrogen-bond donors (Lipinski definition) is 3. The molecule has 0 saturated carbocycles. The maximum absolute atomic E-state index is 6.20. The van der Waals surface area contributed by atoms with Crippen LogP contribution in [0.4, 0.5) is 34.1 Å². The van der Waals surface area contributed by atoms with Crippen LogP contribution < -0.4 is 26.3 Å². The van der Waals surface area contributed by atoms with Gasteiger partial charge in [-0.25, -0.2) is 0 Å². The van der Waals surface area contributed by atoms with Crippen LogP contribution in [0.25, 0.3) is 108 Å². The van der Waals surface area contributed by atoms with Gasteiger partial charge in [0.2, 0.25) is 0 Å². The van der Waals surface area contributed by atoms with Crippen LogP contribution >= 0.6 is 11.3 Å². The van der Waals surface area contributed by atoms with E-state index in [1.165, 1.54) is 85.7 Å². The number of thiophene rings is 1. The number of hydrogen-bond acceptors (Lipinski definition) is 5. The van der Waals surface area contributed by atoms with Crippen LogP contribution in [-0.2, 0) is 0 Å². The van der Waals surface area contributed by atoms with E-state index in [0.717, 1.165) is 61.4 Å². The average Bonchev–Trinajstić information content (AvgIpc) is 2.10. The molecule has 0 amide bonds. The molecule has 0 atom stereocenters. The fraction of sp³-hybridized carbons (Fsp3) is 0.0250. The zero-order valence-corrected chi connectivity index (χ0v) is 49.5. The lowest BCUT2D eigenvalue weighted by molar-refractivity contribution is 0.673. The van der Waals surface area contributed by atoms with E-state index in [0.29, 0.717) is 0 Å². The van der Waals surface area contributed by atoms with Gasteiger partial charge in [-0.3, -0.25) is 0 Å². The maximum atomic E-state index is 6.20. The molecule has 1 aliphatic heterocycles. The van der Waals surface area contributed by atoms with Crippen LogP contribution in [0, 0.1) is 0 Å². The first-order chi connectivity index (χ1) is 42.3. The zero-order valence-electron chi connectivity index (χ0n) is 47.7. The summed E-state index contributed by atoms with van der Waals surface area (Å²) in [4.78, 5) is 0. The van der Waals surface area contributed by atoms with Gasteiger partial charge in [-0.15, -0.1) is 11.3 Å². The maximum Gasteiger partial charge on any atom is 0.143 e. The Bertz CT molecular complexity index is 5180. The minimum atomic E-state index is -1.59. The molecule has 0 radical (unpaired) electrons. The normalized spacial score (nSPS) is 12.2. The summed E-state index contributed by atoms with van der Waals surface area (Å²) in [7, 11) is -1.59. The van der Waals surface area contributed by atoms with Crippen LogP contribution in [0.1, 0.15) is 0 Å². The molecule has 2 aromatic heterocycles. The molecule has 86 heavy (non-hydrogen) atoms. The van der Waals surface area contributed by atoms with Gasteiger partial charge in [0.1, 0.15) is 19.2 Å². The molecular formula is C80H59N3OSSi. The summed E-state index contributed by atoms with van der Waals surface area (Å²) in [5, 5.41) is 26.2. The van der Waals surface area contributed by atoms with Crippen LogP contribution in [0.3, 0.4) is 0 Å². The van der Waals surface area contributed by atoms with E-state index in [4.69, 9.17) is 4.42 Å². The van der Waals surface area contributed by atoms with Crippen LogP contribution in [0.2, 0.25) is 13.1 Å². The number of anilines is 6. The quantitative estimate of drug-likeness (QED) is 0.133. The molecule has 3 N–H and O–H groups in total. The molecule has 6 heteroatoms. The van der Waals surface area contributed by atoms with Gasteiger partial charge in [0.25, 0.3) is 0 Å². The van der Waals surface area contributed by atoms with Crippen molar-refractivity contribution < 1.29 is 4.42 Å². The Kier molecular flexibility index (Phi) is 13.5. The highest BCUT2D eigenvalue weighted by atomic mass is 32.1. The Labute approximate surface area is 505 Å². The summed E-state index contributed by atoms with van der Waals surface area (Å²) < 4.78 is 8.85. The van der Waals surface area contributed by atoms with Crippen molar-refractivity contribution in [3.63, 3.8) is 0 Å². The van der Waals surface area contributed by atoms with Gasteiger partial charge in [-0.05, 0) is 168 Å². The van der Waals surface area contributed by atoms with Crippen molar-refractivity contribution in [2.45, 2.75) is 13.1 Å². The SMILES string of the molecule is C[Si]1(C)c2ccccc2-c2cc(Nc3ccc(-c4ccc5ccccc5c4)cc3)ccc21.c1ccc(Nc2cccc3oc4c5ccccc5ccc4c23)cc1.c1ccc2cc(-c3ccc(Nc4cccc5sc6ccccc6c45)cc3)ccc2c1. The Morgan fingerprint density at radius 1 is 0.302 bits per heavy atom. The fourth-order valence-electron chi connectivity index (χ4n) is 12.6. The lowest BCUT2D eigenvalue weighted by Gasteiger charge is -2.18. The number of rotatable bonds is 8. The zero-order chi connectivity index (χ0) is 57.6. The largest absolute Gasteiger partial charge is 0.455 e. The van der Waals surface area contributed by atoms with E-state index in [9.17, 15) is 0 Å². The summed E-state index contributed by atoms with van der Waals surface area (Å²) in [6.07, 6.45) is 0. The Morgan fingerprint density at radius 2 is 0.802 bits per heavy atom. The highest BCUT2D eigenvalue weighted by Crippen LogP contribution is 2.41. The lowest BCUT2D eigenvalue weighted by atomic mass is 10.0. The van der Waals surface area contributed by atoms with Crippen molar-refractivity contribution in [1.29, 1.82) is 0 Å². The first-order valence-electron chi connectivity index (χ1n) is 29.4. The van der Waals surface area contributed by atoms with Crippen molar-refractivity contribution >= 4 is 138 Å². The molecule has 17 rings (SSSR count). The topological polar surface area (TPSA) is 49.2 Å². The molecule has 1 aliphatic rings. The van der Waals surface area contributed by atoms with E-state index < -0.39 is 8.07 Å². The Hall–Kier alpha value is -10.5. The smallest absolute Gasteiger partial charge is 0.143 e. The number of benzene rings is 14. The molecule has 0 fully saturated rings. The minimum absolute atomic E-state index is 0.905. The highest BCUT2D eigenvalue weighted by molar-refractivity contribution is 7.26. The second-order valence-corrected chi connectivity index (χ2v) is 28.1. The van der Waals surface area contributed by atoms with E-state index in [-0.39, 0.29) is 0 Å². The van der Waals surface area contributed by atoms with E-state index in [2.05, 4.69) is 302 Å². The first-order valence-corrected chi connectivity index (χ1v) is 33.2. The Balaban J connectivity index is 0.000000110. The van der Waals surface area contributed by atoms with Gasteiger partial charge in [0, 0.05) is 59.4 Å². The van der Waals surface area contributed by atoms with Crippen molar-refractivity contribution in [1.82, 2.24) is 0 Å². The van der Waals surface area contributed by atoms with Crippen LogP contribution in [0.5, 0.6) is 0 Å². The van der Waals surface area contributed by atoms with Crippen molar-refractivity contribution in [2.24, 2.45) is 0 Å². The number of para-hydroxylation sites is 1. The highest BCUT2D eigenvalue weighted by Gasteiger charge is 2.37. The molecule has 0 unspecified atom stereocenters. The summed E-state index contributed by atoms with van der Waals surface area (Å²) in [6.45, 7) is 4.91. The molecule has 410 valence electrons. The standard InChI is InChI=1S/C30H25NSi.C28H19NS.C22H15NO/c1-32(2)29-10-6-5-9-27(29)28-20-26(17-18-30(28)32)31-25-15-13-22(14-16-25)24-12-11-21-7-3-4-8-23(21)19-24;1-2-7-21-18-22(13-12-19(21)6-1)20-14-16-23(17-15-20)29-25-9-5-11-27-28(25)24-8-3-4-10-26(24)30-27;1-2-8-16(9-3-1)23-19-11-6-12-20-21(19)18-14-13-15-7-4-5-10-17(15)22(18)24-20/h3-20,31H,1-2H3;1-18,29H;1-14,23H. The van der Waals surface area contributed by atoms with E-state index >= 15 is 0 Å². The van der Waals surface area contributed by atoms with Crippen LogP contribution in [0.15, 0.2) is 308 Å². The second kappa shape index (κ2) is 22.2. The molecule has 0 bridgehead atoms.